The Morgan fingerprint density at radius 3 is 2.84 bits per heavy atom. The van der Waals surface area contributed by atoms with Crippen LogP contribution in [-0.4, -0.2) is 9.78 Å². The van der Waals surface area contributed by atoms with Crippen molar-refractivity contribution in [3.8, 4) is 0 Å². The molecule has 1 heterocycles. The number of rotatable bonds is 4. The number of aromatic nitrogens is 2. The predicted octanol–water partition coefficient (Wildman–Crippen LogP) is 2.51. The van der Waals surface area contributed by atoms with Gasteiger partial charge in [-0.15, -0.1) is 0 Å². The lowest BCUT2D eigenvalue weighted by atomic mass is 10.1. The second-order valence-corrected chi connectivity index (χ2v) is 5.44. The Kier molecular flexibility index (Phi) is 3.38. The highest BCUT2D eigenvalue weighted by Crippen LogP contribution is 2.22. The third kappa shape index (κ3) is 2.56. The van der Waals surface area contributed by atoms with Crippen molar-refractivity contribution in [2.75, 3.05) is 0 Å². The molecule has 3 nitrogen and oxygen atoms in total. The molecule has 1 aromatic heterocycles. The van der Waals surface area contributed by atoms with Crippen molar-refractivity contribution >= 4 is 0 Å². The minimum atomic E-state index is 0.886. The van der Waals surface area contributed by atoms with Crippen LogP contribution in [0.25, 0.3) is 0 Å². The number of nitrogens with zero attached hydrogens (tertiary/aromatic N) is 2. The molecule has 3 rings (SSSR count). The molecule has 1 aromatic carbocycles. The SMILES string of the molecule is Cc1c(CNCc2ccc3c(c2)CCC3)cnn1C. The lowest BCUT2D eigenvalue weighted by Crippen LogP contribution is -2.13. The zero-order valence-electron chi connectivity index (χ0n) is 11.7. The highest BCUT2D eigenvalue weighted by Gasteiger charge is 2.10. The van der Waals surface area contributed by atoms with Crippen LogP contribution in [0.1, 0.15) is 34.4 Å². The molecular weight excluding hydrogens is 234 g/mol. The van der Waals surface area contributed by atoms with Gasteiger partial charge in [-0.1, -0.05) is 18.2 Å². The Hall–Kier alpha value is -1.61. The van der Waals surface area contributed by atoms with Gasteiger partial charge >= 0.3 is 0 Å². The number of fused-ring (bicyclic) bond motifs is 1. The van der Waals surface area contributed by atoms with Gasteiger partial charge in [0.05, 0.1) is 6.20 Å². The largest absolute Gasteiger partial charge is 0.308 e. The van der Waals surface area contributed by atoms with Crippen molar-refractivity contribution < 1.29 is 0 Å². The number of hydrogen-bond donors (Lipinski definition) is 1. The smallest absolute Gasteiger partial charge is 0.0537 e. The second kappa shape index (κ2) is 5.17. The van der Waals surface area contributed by atoms with Gasteiger partial charge in [0.2, 0.25) is 0 Å². The van der Waals surface area contributed by atoms with Crippen LogP contribution in [0.4, 0.5) is 0 Å². The number of aryl methyl sites for hydroxylation is 3. The van der Waals surface area contributed by atoms with E-state index in [1.165, 1.54) is 36.1 Å². The first-order valence-electron chi connectivity index (χ1n) is 7.03. The lowest BCUT2D eigenvalue weighted by Gasteiger charge is -2.07. The normalized spacial score (nSPS) is 13.8. The van der Waals surface area contributed by atoms with Crippen LogP contribution >= 0.6 is 0 Å². The topological polar surface area (TPSA) is 29.9 Å². The number of benzene rings is 1. The molecule has 0 saturated carbocycles. The van der Waals surface area contributed by atoms with Crippen molar-refractivity contribution in [2.24, 2.45) is 7.05 Å². The van der Waals surface area contributed by atoms with E-state index in [9.17, 15) is 0 Å². The van der Waals surface area contributed by atoms with E-state index >= 15 is 0 Å². The molecule has 0 saturated heterocycles. The van der Waals surface area contributed by atoms with Crippen molar-refractivity contribution in [3.05, 3.63) is 52.3 Å². The third-order valence-corrected chi connectivity index (χ3v) is 4.14. The molecule has 0 spiro atoms. The molecule has 2 aromatic rings. The van der Waals surface area contributed by atoms with Gasteiger partial charge in [-0.3, -0.25) is 4.68 Å². The summed E-state index contributed by atoms with van der Waals surface area (Å²) >= 11 is 0. The Balaban J connectivity index is 1.59. The molecule has 0 unspecified atom stereocenters. The van der Waals surface area contributed by atoms with E-state index in [1.807, 2.05) is 17.9 Å². The van der Waals surface area contributed by atoms with Crippen molar-refractivity contribution in [2.45, 2.75) is 39.3 Å². The average Bonchev–Trinajstić information content (AvgIpc) is 2.99. The minimum Gasteiger partial charge on any atom is -0.308 e. The second-order valence-electron chi connectivity index (χ2n) is 5.44. The molecule has 0 atom stereocenters. The summed E-state index contributed by atoms with van der Waals surface area (Å²) in [6, 6.07) is 6.92. The van der Waals surface area contributed by atoms with Crippen LogP contribution in [0, 0.1) is 6.92 Å². The molecule has 0 fully saturated rings. The molecule has 1 aliphatic carbocycles. The highest BCUT2D eigenvalue weighted by molar-refractivity contribution is 5.35. The first kappa shape index (κ1) is 12.4. The van der Waals surface area contributed by atoms with Crippen LogP contribution in [0.15, 0.2) is 24.4 Å². The standard InChI is InChI=1S/C16H21N3/c1-12-16(11-18-19(12)2)10-17-9-13-6-7-14-4-3-5-15(14)8-13/h6-8,11,17H,3-5,9-10H2,1-2H3. The Morgan fingerprint density at radius 2 is 2.05 bits per heavy atom. The summed E-state index contributed by atoms with van der Waals surface area (Å²) in [6.45, 7) is 3.93. The summed E-state index contributed by atoms with van der Waals surface area (Å²) < 4.78 is 1.92. The fraction of sp³-hybridized carbons (Fsp3) is 0.438. The Bertz CT molecular complexity index is 584. The molecular formula is C16H21N3. The van der Waals surface area contributed by atoms with E-state index in [4.69, 9.17) is 0 Å². The molecule has 100 valence electrons. The van der Waals surface area contributed by atoms with E-state index in [0.717, 1.165) is 13.1 Å². The first-order valence-corrected chi connectivity index (χ1v) is 7.03. The van der Waals surface area contributed by atoms with Crippen LogP contribution in [0.2, 0.25) is 0 Å². The molecule has 0 radical (unpaired) electrons. The maximum atomic E-state index is 4.27. The van der Waals surface area contributed by atoms with E-state index < -0.39 is 0 Å². The summed E-state index contributed by atoms with van der Waals surface area (Å²) in [4.78, 5) is 0. The number of nitrogens with one attached hydrogen (secondary N) is 1. The minimum absolute atomic E-state index is 0.886. The van der Waals surface area contributed by atoms with Gasteiger partial charge in [-0.05, 0) is 42.9 Å². The van der Waals surface area contributed by atoms with Crippen LogP contribution in [0.3, 0.4) is 0 Å². The van der Waals surface area contributed by atoms with E-state index in [0.29, 0.717) is 0 Å². The predicted molar refractivity (Wildman–Crippen MR) is 77.0 cm³/mol. The van der Waals surface area contributed by atoms with Gasteiger partial charge in [0, 0.05) is 31.4 Å². The average molecular weight is 255 g/mol. The van der Waals surface area contributed by atoms with Crippen LogP contribution in [-0.2, 0) is 33.0 Å². The van der Waals surface area contributed by atoms with Crippen molar-refractivity contribution in [1.29, 1.82) is 0 Å². The van der Waals surface area contributed by atoms with Gasteiger partial charge in [0.1, 0.15) is 0 Å². The summed E-state index contributed by atoms with van der Waals surface area (Å²) in [7, 11) is 1.99. The number of hydrogen-bond acceptors (Lipinski definition) is 2. The molecule has 19 heavy (non-hydrogen) atoms. The van der Waals surface area contributed by atoms with Gasteiger partial charge in [-0.2, -0.15) is 5.10 Å². The monoisotopic (exact) mass is 255 g/mol. The maximum absolute atomic E-state index is 4.27. The van der Waals surface area contributed by atoms with Crippen LogP contribution in [0.5, 0.6) is 0 Å². The molecule has 3 heteroatoms. The highest BCUT2D eigenvalue weighted by atomic mass is 15.3. The molecule has 1 N–H and O–H groups in total. The first-order chi connectivity index (χ1) is 9.24. The zero-order valence-corrected chi connectivity index (χ0v) is 11.7. The lowest BCUT2D eigenvalue weighted by molar-refractivity contribution is 0.684. The molecule has 1 aliphatic rings. The van der Waals surface area contributed by atoms with Gasteiger partial charge < -0.3 is 5.32 Å². The fourth-order valence-corrected chi connectivity index (χ4v) is 2.79. The van der Waals surface area contributed by atoms with Gasteiger partial charge in [-0.25, -0.2) is 0 Å². The quantitative estimate of drug-likeness (QED) is 0.909. The summed E-state index contributed by atoms with van der Waals surface area (Å²) in [5, 5.41) is 7.78. The van der Waals surface area contributed by atoms with E-state index in [1.54, 1.807) is 11.1 Å². The molecule has 0 aliphatic heterocycles. The molecule has 0 bridgehead atoms. The molecule has 0 amide bonds. The fourth-order valence-electron chi connectivity index (χ4n) is 2.79. The van der Waals surface area contributed by atoms with E-state index in [-0.39, 0.29) is 0 Å². The summed E-state index contributed by atoms with van der Waals surface area (Å²) in [6.07, 6.45) is 5.79. The van der Waals surface area contributed by atoms with Crippen LogP contribution < -0.4 is 5.32 Å². The van der Waals surface area contributed by atoms with Gasteiger partial charge in [0.15, 0.2) is 0 Å². The third-order valence-electron chi connectivity index (χ3n) is 4.14. The van der Waals surface area contributed by atoms with E-state index in [2.05, 4.69) is 35.5 Å². The van der Waals surface area contributed by atoms with Crippen molar-refractivity contribution in [1.82, 2.24) is 15.1 Å². The summed E-state index contributed by atoms with van der Waals surface area (Å²) in [5.74, 6) is 0. The Morgan fingerprint density at radius 1 is 1.21 bits per heavy atom. The maximum Gasteiger partial charge on any atom is 0.0537 e. The zero-order chi connectivity index (χ0) is 13.2. The van der Waals surface area contributed by atoms with Gasteiger partial charge in [0.25, 0.3) is 0 Å². The van der Waals surface area contributed by atoms with Crippen molar-refractivity contribution in [3.63, 3.8) is 0 Å². The summed E-state index contributed by atoms with van der Waals surface area (Å²) in [5.41, 5.74) is 7.01. The Labute approximate surface area is 114 Å².